The van der Waals surface area contributed by atoms with E-state index >= 15 is 0 Å². The number of carboxylic acids is 1. The Labute approximate surface area is 109 Å². The van der Waals surface area contributed by atoms with Gasteiger partial charge in [-0.1, -0.05) is 19.3 Å². The van der Waals surface area contributed by atoms with Crippen LogP contribution in [0.2, 0.25) is 0 Å². The molecule has 0 bridgehead atoms. The van der Waals surface area contributed by atoms with E-state index in [1.165, 1.54) is 0 Å². The maximum atomic E-state index is 12.0. The maximum Gasteiger partial charge on any atom is 0.389 e. The first-order valence-corrected chi connectivity index (χ1v) is 6.38. The molecule has 0 heterocycles. The van der Waals surface area contributed by atoms with Crippen molar-refractivity contribution in [2.75, 3.05) is 0 Å². The van der Waals surface area contributed by atoms with E-state index in [2.05, 4.69) is 5.32 Å². The zero-order valence-corrected chi connectivity index (χ0v) is 10.5. The Morgan fingerprint density at radius 3 is 2.37 bits per heavy atom. The normalized spacial score (nSPS) is 24.6. The van der Waals surface area contributed by atoms with Crippen LogP contribution in [0.15, 0.2) is 0 Å². The molecule has 1 aliphatic carbocycles. The maximum absolute atomic E-state index is 12.0. The molecule has 0 aromatic heterocycles. The predicted molar refractivity (Wildman–Crippen MR) is 61.4 cm³/mol. The van der Waals surface area contributed by atoms with Gasteiger partial charge >= 0.3 is 12.1 Å². The monoisotopic (exact) mass is 281 g/mol. The van der Waals surface area contributed by atoms with Gasteiger partial charge in [0, 0.05) is 12.5 Å². The summed E-state index contributed by atoms with van der Waals surface area (Å²) < 4.78 is 36.0. The largest absolute Gasteiger partial charge is 0.481 e. The van der Waals surface area contributed by atoms with E-state index in [4.69, 9.17) is 5.11 Å². The summed E-state index contributed by atoms with van der Waals surface area (Å²) in [6, 6.07) is -0.555. The van der Waals surface area contributed by atoms with E-state index in [0.29, 0.717) is 12.8 Å². The summed E-state index contributed by atoms with van der Waals surface area (Å²) in [5.74, 6) is -2.42. The van der Waals surface area contributed by atoms with E-state index < -0.39 is 42.9 Å². The summed E-state index contributed by atoms with van der Waals surface area (Å²) in [5.41, 5.74) is 0. The SMILES string of the molecule is O=C(CCC(F)(F)F)N[C@H]1CCCCC[C@H]1C(=O)O. The molecule has 0 aromatic carbocycles. The predicted octanol–water partition coefficient (Wildman–Crippen LogP) is 2.48. The standard InChI is InChI=1S/C12H18F3NO3/c13-12(14,15)7-6-10(17)16-9-5-3-1-2-4-8(9)11(18)19/h8-9H,1-7H2,(H,16,17)(H,18,19)/t8-,9+/m1/s1. The summed E-state index contributed by atoms with van der Waals surface area (Å²) in [4.78, 5) is 22.5. The fourth-order valence-corrected chi connectivity index (χ4v) is 2.31. The van der Waals surface area contributed by atoms with Crippen LogP contribution in [0.5, 0.6) is 0 Å². The van der Waals surface area contributed by atoms with Crippen LogP contribution in [0.25, 0.3) is 0 Å². The summed E-state index contributed by atoms with van der Waals surface area (Å²) >= 11 is 0. The third kappa shape index (κ3) is 5.94. The lowest BCUT2D eigenvalue weighted by molar-refractivity contribution is -0.146. The van der Waals surface area contributed by atoms with Crippen LogP contribution in [0.1, 0.15) is 44.9 Å². The Bertz CT molecular complexity index is 331. The van der Waals surface area contributed by atoms with Gasteiger partial charge in [0.2, 0.25) is 5.91 Å². The van der Waals surface area contributed by atoms with Crippen molar-refractivity contribution in [2.45, 2.75) is 57.2 Å². The Balaban J connectivity index is 2.51. The average Bonchev–Trinajstić information content (AvgIpc) is 2.51. The van der Waals surface area contributed by atoms with Crippen molar-refractivity contribution in [3.8, 4) is 0 Å². The Hall–Kier alpha value is -1.27. The number of amides is 1. The van der Waals surface area contributed by atoms with Crippen LogP contribution in [0.4, 0.5) is 13.2 Å². The molecule has 2 N–H and O–H groups in total. The highest BCUT2D eigenvalue weighted by atomic mass is 19.4. The minimum atomic E-state index is -4.37. The Kier molecular flexibility index (Phi) is 5.62. The third-order valence-corrected chi connectivity index (χ3v) is 3.32. The van der Waals surface area contributed by atoms with E-state index in [0.717, 1.165) is 19.3 Å². The lowest BCUT2D eigenvalue weighted by Gasteiger charge is -2.23. The Morgan fingerprint density at radius 2 is 1.79 bits per heavy atom. The van der Waals surface area contributed by atoms with Gasteiger partial charge in [-0.05, 0) is 12.8 Å². The molecule has 7 heteroatoms. The highest BCUT2D eigenvalue weighted by Gasteiger charge is 2.32. The minimum absolute atomic E-state index is 0.458. The highest BCUT2D eigenvalue weighted by molar-refractivity contribution is 5.78. The Morgan fingerprint density at radius 1 is 1.16 bits per heavy atom. The van der Waals surface area contributed by atoms with Gasteiger partial charge in [0.1, 0.15) is 0 Å². The zero-order chi connectivity index (χ0) is 14.5. The second kappa shape index (κ2) is 6.77. The smallest absolute Gasteiger partial charge is 0.389 e. The topological polar surface area (TPSA) is 66.4 Å². The summed E-state index contributed by atoms with van der Waals surface area (Å²) in [7, 11) is 0. The van der Waals surface area contributed by atoms with Crippen molar-refractivity contribution < 1.29 is 27.9 Å². The number of aliphatic carboxylic acids is 1. The fraction of sp³-hybridized carbons (Fsp3) is 0.833. The second-order valence-electron chi connectivity index (χ2n) is 4.87. The quantitative estimate of drug-likeness (QED) is 0.778. The first-order valence-electron chi connectivity index (χ1n) is 6.38. The highest BCUT2D eigenvalue weighted by Crippen LogP contribution is 2.25. The van der Waals surface area contributed by atoms with Crippen molar-refractivity contribution in [1.82, 2.24) is 5.32 Å². The molecule has 0 aromatic rings. The number of hydrogen-bond acceptors (Lipinski definition) is 2. The van der Waals surface area contributed by atoms with Gasteiger partial charge in [0.05, 0.1) is 12.3 Å². The molecule has 0 saturated heterocycles. The molecule has 2 atom stereocenters. The van der Waals surface area contributed by atoms with E-state index in [9.17, 15) is 22.8 Å². The number of carbonyl (C=O) groups excluding carboxylic acids is 1. The molecule has 19 heavy (non-hydrogen) atoms. The molecule has 1 amide bonds. The van der Waals surface area contributed by atoms with Gasteiger partial charge in [-0.15, -0.1) is 0 Å². The van der Waals surface area contributed by atoms with E-state index in [1.807, 2.05) is 0 Å². The van der Waals surface area contributed by atoms with Crippen LogP contribution in [0.3, 0.4) is 0 Å². The molecule has 0 unspecified atom stereocenters. The number of carboxylic acid groups (broad SMARTS) is 1. The first kappa shape index (κ1) is 15.8. The molecule has 1 rings (SSSR count). The number of nitrogens with one attached hydrogen (secondary N) is 1. The van der Waals surface area contributed by atoms with Gasteiger partial charge in [-0.25, -0.2) is 0 Å². The van der Waals surface area contributed by atoms with Crippen LogP contribution in [0, 0.1) is 5.92 Å². The summed E-state index contributed by atoms with van der Waals surface area (Å²) in [6.45, 7) is 0. The molecule has 0 spiro atoms. The number of hydrogen-bond donors (Lipinski definition) is 2. The number of alkyl halides is 3. The molecule has 110 valence electrons. The minimum Gasteiger partial charge on any atom is -0.481 e. The third-order valence-electron chi connectivity index (χ3n) is 3.32. The van der Waals surface area contributed by atoms with Gasteiger partial charge in [0.15, 0.2) is 0 Å². The van der Waals surface area contributed by atoms with E-state index in [-0.39, 0.29) is 0 Å². The molecule has 0 aliphatic heterocycles. The lowest BCUT2D eigenvalue weighted by Crippen LogP contribution is -2.43. The number of halogens is 3. The zero-order valence-electron chi connectivity index (χ0n) is 10.5. The molecule has 1 fully saturated rings. The van der Waals surface area contributed by atoms with Crippen LogP contribution >= 0.6 is 0 Å². The number of rotatable bonds is 4. The molecule has 1 aliphatic rings. The van der Waals surface area contributed by atoms with Crippen molar-refractivity contribution in [3.05, 3.63) is 0 Å². The van der Waals surface area contributed by atoms with Crippen molar-refractivity contribution in [2.24, 2.45) is 5.92 Å². The molecule has 4 nitrogen and oxygen atoms in total. The van der Waals surface area contributed by atoms with Crippen LogP contribution in [-0.4, -0.2) is 29.2 Å². The van der Waals surface area contributed by atoms with Gasteiger partial charge in [0.25, 0.3) is 0 Å². The van der Waals surface area contributed by atoms with Crippen LogP contribution < -0.4 is 5.32 Å². The van der Waals surface area contributed by atoms with E-state index in [1.54, 1.807) is 0 Å². The van der Waals surface area contributed by atoms with Crippen molar-refractivity contribution in [3.63, 3.8) is 0 Å². The lowest BCUT2D eigenvalue weighted by atomic mass is 9.94. The van der Waals surface area contributed by atoms with Gasteiger partial charge < -0.3 is 10.4 Å². The summed E-state index contributed by atoms with van der Waals surface area (Å²) in [6.07, 6.45) is -2.78. The molecular formula is C12H18F3NO3. The summed E-state index contributed by atoms with van der Waals surface area (Å²) in [5, 5.41) is 11.5. The average molecular weight is 281 g/mol. The van der Waals surface area contributed by atoms with Crippen LogP contribution in [-0.2, 0) is 9.59 Å². The van der Waals surface area contributed by atoms with Crippen molar-refractivity contribution >= 4 is 11.9 Å². The van der Waals surface area contributed by atoms with Gasteiger partial charge in [-0.2, -0.15) is 13.2 Å². The molecule has 1 saturated carbocycles. The van der Waals surface area contributed by atoms with Gasteiger partial charge in [-0.3, -0.25) is 9.59 Å². The fourth-order valence-electron chi connectivity index (χ4n) is 2.31. The number of carbonyl (C=O) groups is 2. The first-order chi connectivity index (χ1) is 8.79. The molecular weight excluding hydrogens is 263 g/mol. The second-order valence-corrected chi connectivity index (χ2v) is 4.87. The molecule has 0 radical (unpaired) electrons. The van der Waals surface area contributed by atoms with Crippen molar-refractivity contribution in [1.29, 1.82) is 0 Å².